The molecule has 0 saturated carbocycles. The van der Waals surface area contributed by atoms with E-state index in [1.54, 1.807) is 7.11 Å². The molecular weight excluding hydrogens is 470 g/mol. The van der Waals surface area contributed by atoms with Crippen LogP contribution in [0.1, 0.15) is 48.3 Å². The van der Waals surface area contributed by atoms with Crippen LogP contribution >= 0.6 is 0 Å². The maximum Gasteiger partial charge on any atom is 0.270 e. The normalized spacial score (nSPS) is 11.9. The van der Waals surface area contributed by atoms with Crippen molar-refractivity contribution in [3.05, 3.63) is 108 Å². The number of amides is 1. The lowest BCUT2D eigenvalue weighted by molar-refractivity contribution is 0.0926. The maximum absolute atomic E-state index is 14.0. The molecule has 0 spiro atoms. The van der Waals surface area contributed by atoms with Gasteiger partial charge in [-0.2, -0.15) is 0 Å². The predicted molar refractivity (Wildman–Crippen MR) is 154 cm³/mol. The van der Waals surface area contributed by atoms with Gasteiger partial charge in [0.25, 0.3) is 5.91 Å². The average Bonchev–Trinajstić information content (AvgIpc) is 3.32. The zero-order valence-corrected chi connectivity index (χ0v) is 22.1. The number of hydrogen-bond acceptors (Lipinski definition) is 3. The molecule has 0 fully saturated rings. The van der Waals surface area contributed by atoms with E-state index in [0.29, 0.717) is 11.4 Å². The van der Waals surface area contributed by atoms with E-state index in [-0.39, 0.29) is 11.9 Å². The number of fused-ring (bicyclic) bond motifs is 1. The number of hydrogen-bond donors (Lipinski definition) is 1. The average molecular weight is 504 g/mol. The molecule has 5 aromatic rings. The summed E-state index contributed by atoms with van der Waals surface area (Å²) in [5.41, 5.74) is 4.20. The van der Waals surface area contributed by atoms with E-state index in [0.717, 1.165) is 58.3 Å². The van der Waals surface area contributed by atoms with Gasteiger partial charge in [-0.3, -0.25) is 4.79 Å². The van der Waals surface area contributed by atoms with E-state index in [4.69, 9.17) is 9.72 Å². The molecule has 0 bridgehead atoms. The molecule has 0 saturated heterocycles. The highest BCUT2D eigenvalue weighted by atomic mass is 16.5. The Morgan fingerprint density at radius 2 is 1.58 bits per heavy atom. The van der Waals surface area contributed by atoms with Crippen LogP contribution in [0.25, 0.3) is 33.4 Å². The van der Waals surface area contributed by atoms with Crippen LogP contribution in [0.3, 0.4) is 0 Å². The first kappa shape index (κ1) is 25.3. The third-order valence-electron chi connectivity index (χ3n) is 7.02. The minimum absolute atomic E-state index is 0.0735. The van der Waals surface area contributed by atoms with E-state index in [1.807, 2.05) is 84.4 Å². The van der Waals surface area contributed by atoms with Gasteiger partial charge in [-0.1, -0.05) is 98.6 Å². The Morgan fingerprint density at radius 1 is 0.895 bits per heavy atom. The second kappa shape index (κ2) is 11.3. The molecule has 5 nitrogen and oxygen atoms in total. The van der Waals surface area contributed by atoms with Crippen LogP contribution in [0.2, 0.25) is 0 Å². The molecule has 38 heavy (non-hydrogen) atoms. The molecule has 1 atom stereocenters. The highest BCUT2D eigenvalue weighted by Crippen LogP contribution is 2.32. The molecule has 5 heteroatoms. The fourth-order valence-corrected chi connectivity index (χ4v) is 4.95. The number of unbranched alkanes of at least 4 members (excludes halogenated alkanes) is 1. The number of nitrogens with zero attached hydrogens (tertiary/aromatic N) is 2. The van der Waals surface area contributed by atoms with Crippen LogP contribution in [0.15, 0.2) is 97.1 Å². The molecule has 0 aliphatic rings. The first-order chi connectivity index (χ1) is 18.6. The lowest BCUT2D eigenvalue weighted by Gasteiger charge is -2.20. The third-order valence-corrected chi connectivity index (χ3v) is 7.02. The standard InChI is InChI=1S/C33H33N3O2/c1-4-5-16-29(23-12-8-6-9-13-23)34-33(37)31-30(35-32(36(31)2)24-14-10-7-11-15-24)27-18-17-26-22-28(38-3)20-19-25(26)21-27/h6-15,17-22,29H,4-5,16H2,1-3H3,(H,34,37). The van der Waals surface area contributed by atoms with Crippen molar-refractivity contribution in [1.82, 2.24) is 14.9 Å². The molecule has 0 aliphatic heterocycles. The summed E-state index contributed by atoms with van der Waals surface area (Å²) in [6, 6.07) is 32.3. The summed E-state index contributed by atoms with van der Waals surface area (Å²) in [5.74, 6) is 1.44. The van der Waals surface area contributed by atoms with Gasteiger partial charge in [-0.25, -0.2) is 4.98 Å². The Kier molecular flexibility index (Phi) is 7.55. The quantitative estimate of drug-likeness (QED) is 0.226. The van der Waals surface area contributed by atoms with Crippen LogP contribution < -0.4 is 10.1 Å². The largest absolute Gasteiger partial charge is 0.497 e. The smallest absolute Gasteiger partial charge is 0.270 e. The highest BCUT2D eigenvalue weighted by Gasteiger charge is 2.25. The van der Waals surface area contributed by atoms with Crippen LogP contribution in [0.4, 0.5) is 0 Å². The molecule has 1 N–H and O–H groups in total. The summed E-state index contributed by atoms with van der Waals surface area (Å²) in [7, 11) is 3.59. The zero-order valence-electron chi connectivity index (χ0n) is 22.1. The van der Waals surface area contributed by atoms with E-state index in [9.17, 15) is 4.79 Å². The first-order valence-corrected chi connectivity index (χ1v) is 13.1. The number of aromatic nitrogens is 2. The number of benzene rings is 4. The molecule has 5 rings (SSSR count). The lowest BCUT2D eigenvalue weighted by Crippen LogP contribution is -2.30. The molecule has 0 aliphatic carbocycles. The Balaban J connectivity index is 1.60. The second-order valence-corrected chi connectivity index (χ2v) is 9.56. The van der Waals surface area contributed by atoms with Gasteiger partial charge >= 0.3 is 0 Å². The van der Waals surface area contributed by atoms with Crippen molar-refractivity contribution in [3.63, 3.8) is 0 Å². The van der Waals surface area contributed by atoms with Crippen LogP contribution in [0, 0.1) is 0 Å². The van der Waals surface area contributed by atoms with Gasteiger partial charge in [0.05, 0.1) is 13.2 Å². The number of carbonyl (C=O) groups excluding carboxylic acids is 1. The molecular formula is C33H33N3O2. The number of nitrogens with one attached hydrogen (secondary N) is 1. The maximum atomic E-state index is 14.0. The summed E-state index contributed by atoms with van der Waals surface area (Å²) in [5, 5.41) is 5.47. The van der Waals surface area contributed by atoms with Crippen molar-refractivity contribution in [2.24, 2.45) is 7.05 Å². The fraction of sp³-hybridized carbons (Fsp3) is 0.212. The van der Waals surface area contributed by atoms with Crippen LogP contribution in [-0.2, 0) is 7.05 Å². The van der Waals surface area contributed by atoms with Crippen molar-refractivity contribution in [3.8, 4) is 28.4 Å². The molecule has 1 heterocycles. The number of rotatable bonds is 9. The van der Waals surface area contributed by atoms with E-state index >= 15 is 0 Å². The van der Waals surface area contributed by atoms with Gasteiger partial charge < -0.3 is 14.6 Å². The van der Waals surface area contributed by atoms with Crippen molar-refractivity contribution in [1.29, 1.82) is 0 Å². The molecule has 1 aromatic heterocycles. The van der Waals surface area contributed by atoms with Gasteiger partial charge in [-0.05, 0) is 41.0 Å². The van der Waals surface area contributed by atoms with Crippen molar-refractivity contribution in [2.45, 2.75) is 32.2 Å². The van der Waals surface area contributed by atoms with Crippen molar-refractivity contribution >= 4 is 16.7 Å². The summed E-state index contributed by atoms with van der Waals surface area (Å²) in [6.45, 7) is 2.17. The zero-order chi connectivity index (χ0) is 26.5. The number of carbonyl (C=O) groups is 1. The summed E-state index contributed by atoms with van der Waals surface area (Å²) in [4.78, 5) is 19.0. The molecule has 1 unspecified atom stereocenters. The molecule has 0 radical (unpaired) electrons. The van der Waals surface area contributed by atoms with Crippen molar-refractivity contribution < 1.29 is 9.53 Å². The predicted octanol–water partition coefficient (Wildman–Crippen LogP) is 7.58. The summed E-state index contributed by atoms with van der Waals surface area (Å²) >= 11 is 0. The van der Waals surface area contributed by atoms with Crippen LogP contribution in [-0.4, -0.2) is 22.6 Å². The third kappa shape index (κ3) is 5.18. The Bertz CT molecular complexity index is 1540. The Labute approximate surface area is 224 Å². The van der Waals surface area contributed by atoms with E-state index in [2.05, 4.69) is 36.5 Å². The Hall–Kier alpha value is -4.38. The molecule has 192 valence electrons. The monoisotopic (exact) mass is 503 g/mol. The SMILES string of the molecule is CCCCC(NC(=O)c1c(-c2ccc3cc(OC)ccc3c2)nc(-c2ccccc2)n1C)c1ccccc1. The minimum Gasteiger partial charge on any atom is -0.497 e. The van der Waals surface area contributed by atoms with Gasteiger partial charge in [0, 0.05) is 18.2 Å². The van der Waals surface area contributed by atoms with Crippen LogP contribution in [0.5, 0.6) is 5.75 Å². The minimum atomic E-state index is -0.128. The molecule has 4 aromatic carbocycles. The van der Waals surface area contributed by atoms with Gasteiger partial charge in [0.2, 0.25) is 0 Å². The lowest BCUT2D eigenvalue weighted by atomic mass is 10.00. The number of ether oxygens (including phenoxy) is 1. The Morgan fingerprint density at radius 3 is 2.29 bits per heavy atom. The topological polar surface area (TPSA) is 56.1 Å². The highest BCUT2D eigenvalue weighted by molar-refractivity contribution is 6.01. The van der Waals surface area contributed by atoms with Crippen molar-refractivity contribution in [2.75, 3.05) is 7.11 Å². The van der Waals surface area contributed by atoms with E-state index < -0.39 is 0 Å². The van der Waals surface area contributed by atoms with Gasteiger partial charge in [-0.15, -0.1) is 0 Å². The fourth-order valence-electron chi connectivity index (χ4n) is 4.95. The van der Waals surface area contributed by atoms with Gasteiger partial charge in [0.1, 0.15) is 23.0 Å². The second-order valence-electron chi connectivity index (χ2n) is 9.56. The molecule has 1 amide bonds. The van der Waals surface area contributed by atoms with Gasteiger partial charge in [0.15, 0.2) is 0 Å². The summed E-state index contributed by atoms with van der Waals surface area (Å²) in [6.07, 6.45) is 2.97. The number of methoxy groups -OCH3 is 1. The number of imidazole rings is 1. The first-order valence-electron chi connectivity index (χ1n) is 13.1. The van der Waals surface area contributed by atoms with E-state index in [1.165, 1.54) is 0 Å². The summed E-state index contributed by atoms with van der Waals surface area (Å²) < 4.78 is 7.31.